The molecule has 1 heteroatoms. The molecule has 1 aromatic rings. The SMILES string of the molecule is CCCCC(CCC)NC(c1ccc(C)cc1)C1CC1. The van der Waals surface area contributed by atoms with E-state index >= 15 is 0 Å². The number of nitrogens with one attached hydrogen (secondary N) is 1. The lowest BCUT2D eigenvalue weighted by molar-refractivity contribution is 0.360. The molecular formula is C19H31N. The molecule has 1 N–H and O–H groups in total. The molecule has 2 atom stereocenters. The Morgan fingerprint density at radius 2 is 1.75 bits per heavy atom. The fourth-order valence-corrected chi connectivity index (χ4v) is 3.07. The minimum atomic E-state index is 0.587. The van der Waals surface area contributed by atoms with Crippen LogP contribution in [0.15, 0.2) is 24.3 Å². The lowest BCUT2D eigenvalue weighted by Crippen LogP contribution is -2.34. The summed E-state index contributed by atoms with van der Waals surface area (Å²) >= 11 is 0. The molecule has 2 unspecified atom stereocenters. The van der Waals surface area contributed by atoms with E-state index in [1.807, 2.05) is 0 Å². The standard InChI is InChI=1S/C19H31N/c1-4-6-8-18(7-5-2)20-19(17-13-14-17)16-11-9-15(3)10-12-16/h9-12,17-20H,4-8,13-14H2,1-3H3. The van der Waals surface area contributed by atoms with Crippen LogP contribution in [0.1, 0.15) is 76.0 Å². The molecule has 0 heterocycles. The number of unbranched alkanes of at least 4 members (excludes halogenated alkanes) is 1. The van der Waals surface area contributed by atoms with E-state index in [0.29, 0.717) is 12.1 Å². The summed E-state index contributed by atoms with van der Waals surface area (Å²) in [7, 11) is 0. The van der Waals surface area contributed by atoms with Crippen molar-refractivity contribution in [1.29, 1.82) is 0 Å². The smallest absolute Gasteiger partial charge is 0.0351 e. The number of rotatable bonds is 9. The maximum absolute atomic E-state index is 3.99. The highest BCUT2D eigenvalue weighted by molar-refractivity contribution is 5.25. The van der Waals surface area contributed by atoms with Crippen LogP contribution in [0.2, 0.25) is 0 Å². The van der Waals surface area contributed by atoms with Gasteiger partial charge in [-0.1, -0.05) is 62.9 Å². The van der Waals surface area contributed by atoms with Gasteiger partial charge in [0.2, 0.25) is 0 Å². The highest BCUT2D eigenvalue weighted by Gasteiger charge is 2.33. The number of aryl methyl sites for hydroxylation is 1. The van der Waals surface area contributed by atoms with Crippen LogP contribution in [0.5, 0.6) is 0 Å². The first kappa shape index (κ1) is 15.6. The van der Waals surface area contributed by atoms with Gasteiger partial charge < -0.3 is 5.32 Å². The summed E-state index contributed by atoms with van der Waals surface area (Å²) in [6.45, 7) is 6.77. The Balaban J connectivity index is 2.01. The molecule has 1 aliphatic carbocycles. The minimum absolute atomic E-state index is 0.587. The summed E-state index contributed by atoms with van der Waals surface area (Å²) in [5.41, 5.74) is 2.86. The Hall–Kier alpha value is -0.820. The van der Waals surface area contributed by atoms with Crippen LogP contribution in [-0.4, -0.2) is 6.04 Å². The largest absolute Gasteiger partial charge is 0.307 e. The molecule has 0 bridgehead atoms. The molecule has 0 aromatic heterocycles. The van der Waals surface area contributed by atoms with Crippen LogP contribution in [0.4, 0.5) is 0 Å². The summed E-state index contributed by atoms with van der Waals surface area (Å²) in [4.78, 5) is 0. The van der Waals surface area contributed by atoms with E-state index in [-0.39, 0.29) is 0 Å². The quantitative estimate of drug-likeness (QED) is 0.635. The van der Waals surface area contributed by atoms with Gasteiger partial charge in [0.15, 0.2) is 0 Å². The third kappa shape index (κ3) is 4.63. The van der Waals surface area contributed by atoms with E-state index in [1.165, 1.54) is 56.1 Å². The maximum atomic E-state index is 3.99. The van der Waals surface area contributed by atoms with Crippen molar-refractivity contribution in [3.8, 4) is 0 Å². The molecule has 0 amide bonds. The Kier molecular flexibility index (Phi) is 6.09. The monoisotopic (exact) mass is 273 g/mol. The molecule has 0 saturated heterocycles. The Morgan fingerprint density at radius 1 is 1.05 bits per heavy atom. The number of benzene rings is 1. The van der Waals surface area contributed by atoms with Crippen molar-refractivity contribution in [2.24, 2.45) is 5.92 Å². The third-order valence-corrected chi connectivity index (χ3v) is 4.49. The van der Waals surface area contributed by atoms with E-state index in [0.717, 1.165) is 5.92 Å². The van der Waals surface area contributed by atoms with Crippen molar-refractivity contribution in [2.45, 2.75) is 77.8 Å². The molecule has 2 rings (SSSR count). The highest BCUT2D eigenvalue weighted by atomic mass is 15.0. The highest BCUT2D eigenvalue weighted by Crippen LogP contribution is 2.41. The first-order chi connectivity index (χ1) is 9.74. The zero-order valence-corrected chi connectivity index (χ0v) is 13.5. The first-order valence-corrected chi connectivity index (χ1v) is 8.57. The second-order valence-corrected chi connectivity index (χ2v) is 6.52. The van der Waals surface area contributed by atoms with Gasteiger partial charge >= 0.3 is 0 Å². The molecule has 112 valence electrons. The summed E-state index contributed by atoms with van der Waals surface area (Å²) in [5.74, 6) is 0.874. The van der Waals surface area contributed by atoms with Gasteiger partial charge in [0.1, 0.15) is 0 Å². The zero-order valence-electron chi connectivity index (χ0n) is 13.5. The third-order valence-electron chi connectivity index (χ3n) is 4.49. The van der Waals surface area contributed by atoms with Crippen LogP contribution >= 0.6 is 0 Å². The fourth-order valence-electron chi connectivity index (χ4n) is 3.07. The van der Waals surface area contributed by atoms with Gasteiger partial charge in [-0.05, 0) is 44.1 Å². The van der Waals surface area contributed by atoms with Crippen LogP contribution in [0, 0.1) is 12.8 Å². The van der Waals surface area contributed by atoms with E-state index < -0.39 is 0 Å². The summed E-state index contributed by atoms with van der Waals surface area (Å²) in [6.07, 6.45) is 9.39. The molecule has 1 fully saturated rings. The zero-order chi connectivity index (χ0) is 14.4. The second-order valence-electron chi connectivity index (χ2n) is 6.52. The average molecular weight is 273 g/mol. The Morgan fingerprint density at radius 3 is 2.30 bits per heavy atom. The van der Waals surface area contributed by atoms with Gasteiger partial charge in [0, 0.05) is 12.1 Å². The first-order valence-electron chi connectivity index (χ1n) is 8.57. The van der Waals surface area contributed by atoms with Gasteiger partial charge in [-0.2, -0.15) is 0 Å². The van der Waals surface area contributed by atoms with E-state index in [4.69, 9.17) is 0 Å². The van der Waals surface area contributed by atoms with E-state index in [2.05, 4.69) is 50.4 Å². The predicted molar refractivity (Wildman–Crippen MR) is 88.0 cm³/mol. The van der Waals surface area contributed by atoms with Crippen LogP contribution in [0.3, 0.4) is 0 Å². The molecule has 20 heavy (non-hydrogen) atoms. The summed E-state index contributed by atoms with van der Waals surface area (Å²) in [6, 6.07) is 10.5. The van der Waals surface area contributed by atoms with Crippen molar-refractivity contribution in [2.75, 3.05) is 0 Å². The Labute approximate surface area is 125 Å². The van der Waals surface area contributed by atoms with Gasteiger partial charge in [-0.25, -0.2) is 0 Å². The molecule has 1 saturated carbocycles. The van der Waals surface area contributed by atoms with Crippen molar-refractivity contribution in [1.82, 2.24) is 5.32 Å². The summed E-state index contributed by atoms with van der Waals surface area (Å²) < 4.78 is 0. The lowest BCUT2D eigenvalue weighted by Gasteiger charge is -2.26. The van der Waals surface area contributed by atoms with Crippen molar-refractivity contribution in [3.05, 3.63) is 35.4 Å². The van der Waals surface area contributed by atoms with E-state index in [9.17, 15) is 0 Å². The van der Waals surface area contributed by atoms with Gasteiger partial charge in [0.05, 0.1) is 0 Å². The van der Waals surface area contributed by atoms with Crippen molar-refractivity contribution >= 4 is 0 Å². The number of hydrogen-bond donors (Lipinski definition) is 1. The van der Waals surface area contributed by atoms with Crippen molar-refractivity contribution in [3.63, 3.8) is 0 Å². The molecule has 0 aliphatic heterocycles. The topological polar surface area (TPSA) is 12.0 Å². The molecule has 0 spiro atoms. The van der Waals surface area contributed by atoms with Gasteiger partial charge in [-0.15, -0.1) is 0 Å². The molecule has 1 nitrogen and oxygen atoms in total. The second kappa shape index (κ2) is 7.83. The summed E-state index contributed by atoms with van der Waals surface area (Å²) in [5, 5.41) is 3.99. The minimum Gasteiger partial charge on any atom is -0.307 e. The molecule has 0 radical (unpaired) electrons. The average Bonchev–Trinajstić information content (AvgIpc) is 3.27. The van der Waals surface area contributed by atoms with Crippen LogP contribution < -0.4 is 5.32 Å². The van der Waals surface area contributed by atoms with Crippen LogP contribution in [-0.2, 0) is 0 Å². The maximum Gasteiger partial charge on any atom is 0.0351 e. The predicted octanol–water partition coefficient (Wildman–Crippen LogP) is 5.39. The number of hydrogen-bond acceptors (Lipinski definition) is 1. The fraction of sp³-hybridized carbons (Fsp3) is 0.684. The molecular weight excluding hydrogens is 242 g/mol. The van der Waals surface area contributed by atoms with Gasteiger partial charge in [-0.3, -0.25) is 0 Å². The lowest BCUT2D eigenvalue weighted by atomic mass is 9.97. The van der Waals surface area contributed by atoms with Crippen molar-refractivity contribution < 1.29 is 0 Å². The van der Waals surface area contributed by atoms with Gasteiger partial charge in [0.25, 0.3) is 0 Å². The van der Waals surface area contributed by atoms with Crippen LogP contribution in [0.25, 0.3) is 0 Å². The van der Waals surface area contributed by atoms with E-state index in [1.54, 1.807) is 0 Å². The molecule has 1 aliphatic rings. The molecule has 1 aromatic carbocycles. The normalized spacial score (nSPS) is 17.9. The Bertz CT molecular complexity index is 377.